The maximum atomic E-state index is 12.4. The molecule has 1 heterocycles. The van der Waals surface area contributed by atoms with Gasteiger partial charge < -0.3 is 5.11 Å². The molecule has 0 atom stereocenters. The van der Waals surface area contributed by atoms with Crippen molar-refractivity contribution in [2.45, 2.75) is 11.1 Å². The van der Waals surface area contributed by atoms with E-state index in [-0.39, 0.29) is 8.78 Å². The fourth-order valence-corrected chi connectivity index (χ4v) is 3.14. The molecule has 0 radical (unpaired) electrons. The van der Waals surface area contributed by atoms with Gasteiger partial charge in [-0.15, -0.1) is 0 Å². The van der Waals surface area contributed by atoms with Crippen LogP contribution in [-0.2, 0) is 14.8 Å². The largest absolute Gasteiger partial charge is 0.480 e. The lowest BCUT2D eigenvalue weighted by Gasteiger charge is -2.21. The highest BCUT2D eigenvalue weighted by Crippen LogP contribution is 2.23. The lowest BCUT2D eigenvalue weighted by atomic mass is 10.5. The van der Waals surface area contributed by atoms with Gasteiger partial charge in [-0.3, -0.25) is 9.78 Å². The lowest BCUT2D eigenvalue weighted by Crippen LogP contribution is -2.42. The standard InChI is InChI=1S/C9H8BrF3N2O4S/c10-6-1-7(3-14-2-6)20(18,19)15(4-8(16)17)5-9(11,12)13/h1-3H,4-5H2,(H,16,17). The van der Waals surface area contributed by atoms with Crippen molar-refractivity contribution in [2.24, 2.45) is 0 Å². The zero-order valence-electron chi connectivity index (χ0n) is 9.63. The number of sulfonamides is 1. The summed E-state index contributed by atoms with van der Waals surface area (Å²) in [6.07, 6.45) is -2.78. The summed E-state index contributed by atoms with van der Waals surface area (Å²) in [4.78, 5) is 13.5. The molecule has 0 saturated heterocycles. The third-order valence-corrected chi connectivity index (χ3v) is 4.18. The van der Waals surface area contributed by atoms with Gasteiger partial charge in [0.05, 0.1) is 0 Å². The van der Waals surface area contributed by atoms with E-state index in [1.165, 1.54) is 6.20 Å². The van der Waals surface area contributed by atoms with Crippen LogP contribution in [0.3, 0.4) is 0 Å². The van der Waals surface area contributed by atoms with Crippen LogP contribution >= 0.6 is 15.9 Å². The number of carboxylic acids is 1. The summed E-state index contributed by atoms with van der Waals surface area (Å²) >= 11 is 2.93. The number of carboxylic acid groups (broad SMARTS) is 1. The quantitative estimate of drug-likeness (QED) is 0.840. The van der Waals surface area contributed by atoms with E-state index in [9.17, 15) is 26.4 Å². The van der Waals surface area contributed by atoms with Gasteiger partial charge in [0, 0.05) is 16.9 Å². The van der Waals surface area contributed by atoms with Crippen LogP contribution in [0.1, 0.15) is 0 Å². The minimum absolute atomic E-state index is 0.168. The molecule has 0 unspecified atom stereocenters. The van der Waals surface area contributed by atoms with E-state index in [0.717, 1.165) is 12.3 Å². The molecule has 20 heavy (non-hydrogen) atoms. The molecule has 0 aliphatic rings. The van der Waals surface area contributed by atoms with Crippen LogP contribution in [0.4, 0.5) is 13.2 Å². The third-order valence-electron chi connectivity index (χ3n) is 1.98. The van der Waals surface area contributed by atoms with E-state index >= 15 is 0 Å². The number of aliphatic carboxylic acids is 1. The summed E-state index contributed by atoms with van der Waals surface area (Å²) in [6.45, 7) is -3.19. The van der Waals surface area contributed by atoms with Crippen molar-refractivity contribution in [3.05, 3.63) is 22.9 Å². The summed E-state index contributed by atoms with van der Waals surface area (Å²) in [5, 5.41) is 8.55. The van der Waals surface area contributed by atoms with E-state index in [2.05, 4.69) is 20.9 Å². The topological polar surface area (TPSA) is 87.6 Å². The predicted molar refractivity (Wildman–Crippen MR) is 64.4 cm³/mol. The summed E-state index contributed by atoms with van der Waals surface area (Å²) in [6, 6.07) is 1.04. The molecule has 0 aliphatic carbocycles. The Hall–Kier alpha value is -1.20. The number of alkyl halides is 3. The Bertz CT molecular complexity index is 605. The number of rotatable bonds is 5. The number of nitrogens with zero attached hydrogens (tertiary/aromatic N) is 2. The second kappa shape index (κ2) is 6.06. The molecule has 1 aromatic heterocycles. The first-order valence-corrected chi connectivity index (χ1v) is 7.15. The smallest absolute Gasteiger partial charge is 0.402 e. The molecule has 0 aromatic carbocycles. The number of carbonyl (C=O) groups is 1. The monoisotopic (exact) mass is 376 g/mol. The minimum atomic E-state index is -4.86. The summed E-state index contributed by atoms with van der Waals surface area (Å²) in [5.74, 6) is -1.69. The highest BCUT2D eigenvalue weighted by atomic mass is 79.9. The number of hydrogen-bond donors (Lipinski definition) is 1. The van der Waals surface area contributed by atoms with E-state index in [1.54, 1.807) is 0 Å². The number of halogens is 4. The maximum absolute atomic E-state index is 12.4. The summed E-state index contributed by atoms with van der Waals surface area (Å²) < 4.78 is 61.1. The molecule has 0 spiro atoms. The SMILES string of the molecule is O=C(O)CN(CC(F)(F)F)S(=O)(=O)c1cncc(Br)c1. The first-order valence-electron chi connectivity index (χ1n) is 4.91. The Labute approximate surface area is 120 Å². The average molecular weight is 377 g/mol. The molecular formula is C9H8BrF3N2O4S. The molecule has 112 valence electrons. The van der Waals surface area contributed by atoms with Crippen LogP contribution in [0.25, 0.3) is 0 Å². The summed E-state index contributed by atoms with van der Waals surface area (Å²) in [5.41, 5.74) is 0. The molecule has 6 nitrogen and oxygen atoms in total. The van der Waals surface area contributed by atoms with Gasteiger partial charge in [-0.2, -0.15) is 17.5 Å². The third kappa shape index (κ3) is 4.72. The molecule has 1 aromatic rings. The molecule has 1 N–H and O–H groups in total. The first-order chi connectivity index (χ1) is 9.02. The van der Waals surface area contributed by atoms with E-state index in [0.29, 0.717) is 0 Å². The second-order valence-electron chi connectivity index (χ2n) is 3.62. The van der Waals surface area contributed by atoms with E-state index < -0.39 is 40.2 Å². The number of pyridine rings is 1. The molecule has 0 amide bonds. The Morgan fingerprint density at radius 2 is 2.00 bits per heavy atom. The van der Waals surface area contributed by atoms with Gasteiger partial charge >= 0.3 is 12.1 Å². The zero-order valence-corrected chi connectivity index (χ0v) is 12.0. The Kier molecular flexibility index (Phi) is 5.10. The zero-order chi connectivity index (χ0) is 15.6. The van der Waals surface area contributed by atoms with Crippen molar-refractivity contribution in [3.8, 4) is 0 Å². The van der Waals surface area contributed by atoms with Crippen LogP contribution in [0.2, 0.25) is 0 Å². The van der Waals surface area contributed by atoms with Gasteiger partial charge in [-0.05, 0) is 22.0 Å². The first kappa shape index (κ1) is 16.9. The van der Waals surface area contributed by atoms with Crippen molar-refractivity contribution >= 4 is 31.9 Å². The molecule has 0 aliphatic heterocycles. The Balaban J connectivity index is 3.20. The highest BCUT2D eigenvalue weighted by Gasteiger charge is 2.38. The van der Waals surface area contributed by atoms with Crippen LogP contribution < -0.4 is 0 Å². The molecule has 0 fully saturated rings. The lowest BCUT2D eigenvalue weighted by molar-refractivity contribution is -0.146. The molecule has 1 rings (SSSR count). The van der Waals surface area contributed by atoms with E-state index in [4.69, 9.17) is 5.11 Å². The average Bonchev–Trinajstić information content (AvgIpc) is 2.25. The van der Waals surface area contributed by atoms with Gasteiger partial charge in [0.15, 0.2) is 0 Å². The molecule has 11 heteroatoms. The fraction of sp³-hybridized carbons (Fsp3) is 0.333. The van der Waals surface area contributed by atoms with Crippen LogP contribution in [-0.4, -0.2) is 48.0 Å². The maximum Gasteiger partial charge on any atom is 0.402 e. The van der Waals surface area contributed by atoms with Crippen molar-refractivity contribution < 1.29 is 31.5 Å². The second-order valence-corrected chi connectivity index (χ2v) is 6.47. The predicted octanol–water partition coefficient (Wildman–Crippen LogP) is 1.48. The number of hydrogen-bond acceptors (Lipinski definition) is 4. The minimum Gasteiger partial charge on any atom is -0.480 e. The molecule has 0 saturated carbocycles. The van der Waals surface area contributed by atoms with Crippen molar-refractivity contribution in [1.29, 1.82) is 0 Å². The summed E-state index contributed by atoms with van der Waals surface area (Å²) in [7, 11) is -4.61. The van der Waals surface area contributed by atoms with E-state index in [1.807, 2.05) is 0 Å². The van der Waals surface area contributed by atoms with Gasteiger partial charge in [0.2, 0.25) is 10.0 Å². The van der Waals surface area contributed by atoms with Crippen molar-refractivity contribution in [2.75, 3.05) is 13.1 Å². The van der Waals surface area contributed by atoms with Crippen LogP contribution in [0, 0.1) is 0 Å². The Morgan fingerprint density at radius 3 is 2.45 bits per heavy atom. The van der Waals surface area contributed by atoms with Crippen LogP contribution in [0.15, 0.2) is 27.8 Å². The molecule has 0 bridgehead atoms. The van der Waals surface area contributed by atoms with Crippen molar-refractivity contribution in [3.63, 3.8) is 0 Å². The fourth-order valence-electron chi connectivity index (χ4n) is 1.26. The number of aromatic nitrogens is 1. The van der Waals surface area contributed by atoms with Crippen LogP contribution in [0.5, 0.6) is 0 Å². The molecular weight excluding hydrogens is 369 g/mol. The normalized spacial score (nSPS) is 12.7. The highest BCUT2D eigenvalue weighted by molar-refractivity contribution is 9.10. The Morgan fingerprint density at radius 1 is 1.40 bits per heavy atom. The van der Waals surface area contributed by atoms with Gasteiger partial charge in [-0.1, -0.05) is 0 Å². The van der Waals surface area contributed by atoms with Gasteiger partial charge in [0.1, 0.15) is 18.0 Å². The van der Waals surface area contributed by atoms with Gasteiger partial charge in [0.25, 0.3) is 0 Å². The van der Waals surface area contributed by atoms with Gasteiger partial charge in [-0.25, -0.2) is 8.42 Å². The van der Waals surface area contributed by atoms with Crippen molar-refractivity contribution in [1.82, 2.24) is 9.29 Å².